The molecule has 1 aliphatic rings. The topological polar surface area (TPSA) is 29.5 Å². The lowest BCUT2D eigenvalue weighted by Gasteiger charge is -2.31. The van der Waals surface area contributed by atoms with Crippen molar-refractivity contribution in [3.05, 3.63) is 33.8 Å². The van der Waals surface area contributed by atoms with Gasteiger partial charge in [0.25, 0.3) is 5.91 Å². The molecule has 1 atom stereocenters. The fourth-order valence-electron chi connectivity index (χ4n) is 1.86. The molecular weight excluding hydrogens is 308 g/mol. The van der Waals surface area contributed by atoms with E-state index in [2.05, 4.69) is 15.9 Å². The van der Waals surface area contributed by atoms with Gasteiger partial charge >= 0.3 is 0 Å². The summed E-state index contributed by atoms with van der Waals surface area (Å²) in [5.41, 5.74) is 0.128. The van der Waals surface area contributed by atoms with Crippen LogP contribution in [0.15, 0.2) is 16.6 Å². The monoisotopic (exact) mass is 319 g/mol. The van der Waals surface area contributed by atoms with Gasteiger partial charge in [-0.25, -0.2) is 8.78 Å². The molecule has 1 aromatic rings. The Morgan fingerprint density at radius 1 is 1.44 bits per heavy atom. The molecule has 2 rings (SSSR count). The minimum Gasteiger partial charge on any atom is -0.375 e. The van der Waals surface area contributed by atoms with Gasteiger partial charge in [-0.05, 0) is 35.0 Å². The Hall–Kier alpha value is -1.01. The molecular formula is C12H12BrF2NO2. The zero-order valence-electron chi connectivity index (χ0n) is 9.75. The van der Waals surface area contributed by atoms with E-state index in [1.54, 1.807) is 4.90 Å². The third-order valence-electron chi connectivity index (χ3n) is 2.77. The van der Waals surface area contributed by atoms with Crippen LogP contribution in [0.5, 0.6) is 0 Å². The predicted molar refractivity (Wildman–Crippen MR) is 65.4 cm³/mol. The standard InChI is InChI=1S/C12H12BrF2NO2/c1-7-6-16(2-3-18-7)12(17)8-4-10(14)11(15)5-9(8)13/h4-5,7H,2-3,6H2,1H3/t7-/m1/s1. The Morgan fingerprint density at radius 2 is 2.11 bits per heavy atom. The first-order chi connectivity index (χ1) is 8.49. The highest BCUT2D eigenvalue weighted by atomic mass is 79.9. The van der Waals surface area contributed by atoms with Crippen LogP contribution >= 0.6 is 15.9 Å². The average Bonchev–Trinajstić information content (AvgIpc) is 2.33. The van der Waals surface area contributed by atoms with Crippen molar-refractivity contribution in [3.63, 3.8) is 0 Å². The summed E-state index contributed by atoms with van der Waals surface area (Å²) in [5.74, 6) is -2.33. The van der Waals surface area contributed by atoms with Gasteiger partial charge in [0.1, 0.15) is 0 Å². The molecule has 0 N–H and O–H groups in total. The lowest BCUT2D eigenvalue weighted by molar-refractivity contribution is -0.0124. The van der Waals surface area contributed by atoms with Gasteiger partial charge in [-0.3, -0.25) is 4.79 Å². The molecule has 0 aromatic heterocycles. The summed E-state index contributed by atoms with van der Waals surface area (Å²) in [7, 11) is 0. The Kier molecular flexibility index (Phi) is 3.97. The van der Waals surface area contributed by atoms with E-state index < -0.39 is 11.6 Å². The number of hydrogen-bond acceptors (Lipinski definition) is 2. The molecule has 3 nitrogen and oxygen atoms in total. The predicted octanol–water partition coefficient (Wildman–Crippen LogP) is 2.59. The van der Waals surface area contributed by atoms with Crippen LogP contribution in [-0.2, 0) is 4.74 Å². The number of amides is 1. The fourth-order valence-corrected chi connectivity index (χ4v) is 2.34. The number of nitrogens with zero attached hydrogens (tertiary/aromatic N) is 1. The van der Waals surface area contributed by atoms with Crippen LogP contribution in [0.4, 0.5) is 8.78 Å². The number of carbonyl (C=O) groups excluding carboxylic acids is 1. The van der Waals surface area contributed by atoms with E-state index in [1.165, 1.54) is 0 Å². The summed E-state index contributed by atoms with van der Waals surface area (Å²) in [4.78, 5) is 13.8. The van der Waals surface area contributed by atoms with E-state index in [1.807, 2.05) is 6.92 Å². The molecule has 0 unspecified atom stereocenters. The van der Waals surface area contributed by atoms with Crippen molar-refractivity contribution in [2.75, 3.05) is 19.7 Å². The number of halogens is 3. The minimum atomic E-state index is -1.03. The smallest absolute Gasteiger partial charge is 0.255 e. The number of hydrogen-bond donors (Lipinski definition) is 0. The van der Waals surface area contributed by atoms with E-state index in [0.29, 0.717) is 19.7 Å². The highest BCUT2D eigenvalue weighted by Gasteiger charge is 2.24. The van der Waals surface area contributed by atoms with Gasteiger partial charge in [-0.15, -0.1) is 0 Å². The van der Waals surface area contributed by atoms with Crippen molar-refractivity contribution in [3.8, 4) is 0 Å². The maximum absolute atomic E-state index is 13.2. The molecule has 1 saturated heterocycles. The SMILES string of the molecule is C[C@@H]1CN(C(=O)c2cc(F)c(F)cc2Br)CCO1. The largest absolute Gasteiger partial charge is 0.375 e. The molecule has 6 heteroatoms. The van der Waals surface area contributed by atoms with Gasteiger partial charge in [-0.2, -0.15) is 0 Å². The molecule has 0 saturated carbocycles. The Bertz CT molecular complexity index is 481. The van der Waals surface area contributed by atoms with Gasteiger partial charge in [0.15, 0.2) is 11.6 Å². The van der Waals surface area contributed by atoms with Crippen LogP contribution < -0.4 is 0 Å². The van der Waals surface area contributed by atoms with Gasteiger partial charge in [0.05, 0.1) is 18.3 Å². The molecule has 1 amide bonds. The first-order valence-electron chi connectivity index (χ1n) is 5.54. The second kappa shape index (κ2) is 5.32. The van der Waals surface area contributed by atoms with Crippen molar-refractivity contribution in [2.45, 2.75) is 13.0 Å². The van der Waals surface area contributed by atoms with Crippen LogP contribution in [0.25, 0.3) is 0 Å². The zero-order chi connectivity index (χ0) is 13.3. The maximum atomic E-state index is 13.2. The first kappa shape index (κ1) is 13.4. The molecule has 1 aliphatic heterocycles. The second-order valence-corrected chi connectivity index (χ2v) is 5.03. The van der Waals surface area contributed by atoms with Crippen LogP contribution in [0.1, 0.15) is 17.3 Å². The molecule has 0 aliphatic carbocycles. The first-order valence-corrected chi connectivity index (χ1v) is 6.33. The van der Waals surface area contributed by atoms with Gasteiger partial charge in [0.2, 0.25) is 0 Å². The van der Waals surface area contributed by atoms with E-state index >= 15 is 0 Å². The zero-order valence-corrected chi connectivity index (χ0v) is 11.3. The average molecular weight is 320 g/mol. The molecule has 1 heterocycles. The maximum Gasteiger partial charge on any atom is 0.255 e. The molecule has 1 fully saturated rings. The minimum absolute atomic E-state index is 0.0493. The highest BCUT2D eigenvalue weighted by Crippen LogP contribution is 2.23. The Morgan fingerprint density at radius 3 is 2.78 bits per heavy atom. The fraction of sp³-hybridized carbons (Fsp3) is 0.417. The van der Waals surface area contributed by atoms with Gasteiger partial charge in [0, 0.05) is 17.6 Å². The molecule has 0 radical (unpaired) electrons. The third-order valence-corrected chi connectivity index (χ3v) is 3.42. The van der Waals surface area contributed by atoms with E-state index in [0.717, 1.165) is 12.1 Å². The van der Waals surface area contributed by atoms with Crippen LogP contribution in [0.2, 0.25) is 0 Å². The van der Waals surface area contributed by atoms with Gasteiger partial charge in [-0.1, -0.05) is 0 Å². The van der Waals surface area contributed by atoms with E-state index in [9.17, 15) is 13.6 Å². The summed E-state index contributed by atoms with van der Waals surface area (Å²) in [6.07, 6.45) is -0.0493. The summed E-state index contributed by atoms with van der Waals surface area (Å²) in [6.45, 7) is 3.22. The summed E-state index contributed by atoms with van der Waals surface area (Å²) >= 11 is 3.08. The van der Waals surface area contributed by atoms with E-state index in [-0.39, 0.29) is 22.0 Å². The van der Waals surface area contributed by atoms with Crippen molar-refractivity contribution >= 4 is 21.8 Å². The van der Waals surface area contributed by atoms with Gasteiger partial charge < -0.3 is 9.64 Å². The van der Waals surface area contributed by atoms with Crippen molar-refractivity contribution < 1.29 is 18.3 Å². The number of ether oxygens (including phenoxy) is 1. The molecule has 0 bridgehead atoms. The number of morpholine rings is 1. The van der Waals surface area contributed by atoms with Crippen molar-refractivity contribution in [2.24, 2.45) is 0 Å². The Labute approximate surface area is 112 Å². The summed E-state index contributed by atoms with van der Waals surface area (Å²) < 4.78 is 31.7. The quantitative estimate of drug-likeness (QED) is 0.745. The lowest BCUT2D eigenvalue weighted by atomic mass is 10.1. The van der Waals surface area contributed by atoms with E-state index in [4.69, 9.17) is 4.74 Å². The Balaban J connectivity index is 2.25. The molecule has 1 aromatic carbocycles. The number of carbonyl (C=O) groups is 1. The van der Waals surface area contributed by atoms with Crippen molar-refractivity contribution in [1.82, 2.24) is 4.90 Å². The highest BCUT2D eigenvalue weighted by molar-refractivity contribution is 9.10. The molecule has 18 heavy (non-hydrogen) atoms. The van der Waals surface area contributed by atoms with Crippen molar-refractivity contribution in [1.29, 1.82) is 0 Å². The van der Waals surface area contributed by atoms with Crippen LogP contribution in [-0.4, -0.2) is 36.6 Å². The summed E-state index contributed by atoms with van der Waals surface area (Å²) in [6, 6.07) is 1.88. The van der Waals surface area contributed by atoms with Crippen LogP contribution in [0, 0.1) is 11.6 Å². The molecule has 98 valence electrons. The third kappa shape index (κ3) is 2.70. The lowest BCUT2D eigenvalue weighted by Crippen LogP contribution is -2.44. The van der Waals surface area contributed by atoms with Crippen LogP contribution in [0.3, 0.4) is 0 Å². The number of benzene rings is 1. The second-order valence-electron chi connectivity index (χ2n) is 4.18. The normalized spacial score (nSPS) is 20.0. The summed E-state index contributed by atoms with van der Waals surface area (Å²) in [5, 5.41) is 0. The molecule has 0 spiro atoms. The number of rotatable bonds is 1.